The summed E-state index contributed by atoms with van der Waals surface area (Å²) in [4.78, 5) is 5.50. The Kier molecular flexibility index (Phi) is 3.51. The summed E-state index contributed by atoms with van der Waals surface area (Å²) in [7, 11) is 4.17. The first-order valence-electron chi connectivity index (χ1n) is 6.65. The predicted molar refractivity (Wildman–Crippen MR) is 86.1 cm³/mol. The Morgan fingerprint density at radius 2 is 1.85 bits per heavy atom. The number of nitrogens with one attached hydrogen (secondary N) is 1. The van der Waals surface area contributed by atoms with Gasteiger partial charge in [0.25, 0.3) is 0 Å². The van der Waals surface area contributed by atoms with Crippen molar-refractivity contribution < 1.29 is 0 Å². The topological polar surface area (TPSA) is 19.0 Å². The zero-order chi connectivity index (χ0) is 14.1. The lowest BCUT2D eigenvalue weighted by Crippen LogP contribution is -2.11. The summed E-state index contributed by atoms with van der Waals surface area (Å²) in [5.74, 6) is 0. The number of rotatable bonds is 3. The molecule has 0 atom stereocenters. The molecule has 0 aliphatic carbocycles. The summed E-state index contributed by atoms with van der Waals surface area (Å²) in [6.45, 7) is 0.920. The van der Waals surface area contributed by atoms with Gasteiger partial charge < -0.3 is 9.88 Å². The van der Waals surface area contributed by atoms with Crippen LogP contribution in [-0.2, 0) is 6.54 Å². The van der Waals surface area contributed by atoms with Crippen LogP contribution >= 0.6 is 11.6 Å². The summed E-state index contributed by atoms with van der Waals surface area (Å²) in [6.07, 6.45) is 2.06. The fourth-order valence-corrected chi connectivity index (χ4v) is 2.75. The van der Waals surface area contributed by atoms with Crippen LogP contribution in [0.1, 0.15) is 5.56 Å². The van der Waals surface area contributed by atoms with Crippen molar-refractivity contribution in [3.05, 3.63) is 59.2 Å². The van der Waals surface area contributed by atoms with Crippen molar-refractivity contribution in [2.24, 2.45) is 0 Å². The normalized spacial score (nSPS) is 11.4. The average Bonchev–Trinajstić information content (AvgIpc) is 2.81. The minimum absolute atomic E-state index is 0.767. The highest BCUT2D eigenvalue weighted by Crippen LogP contribution is 2.32. The van der Waals surface area contributed by atoms with Crippen molar-refractivity contribution in [2.75, 3.05) is 14.1 Å². The van der Waals surface area contributed by atoms with Gasteiger partial charge in [0.05, 0.1) is 0 Å². The summed E-state index contributed by atoms with van der Waals surface area (Å²) in [6, 6.07) is 14.5. The van der Waals surface area contributed by atoms with Gasteiger partial charge in [0.2, 0.25) is 0 Å². The van der Waals surface area contributed by atoms with Gasteiger partial charge >= 0.3 is 0 Å². The number of H-pyrrole nitrogens is 1. The number of nitrogens with zero attached hydrogens (tertiary/aromatic N) is 1. The molecule has 0 unspecified atom stereocenters. The molecule has 1 N–H and O–H groups in total. The summed E-state index contributed by atoms with van der Waals surface area (Å²) in [5.41, 5.74) is 4.90. The molecular formula is C17H17ClN2. The Hall–Kier alpha value is -1.77. The van der Waals surface area contributed by atoms with Crippen LogP contribution in [0.5, 0.6) is 0 Å². The molecule has 2 aromatic carbocycles. The van der Waals surface area contributed by atoms with Crippen molar-refractivity contribution in [3.8, 4) is 11.1 Å². The van der Waals surface area contributed by atoms with Gasteiger partial charge in [-0.2, -0.15) is 0 Å². The molecule has 0 saturated heterocycles. The number of benzene rings is 2. The SMILES string of the molecule is CN(C)Cc1ccccc1-c1c[nH]c2ccc(Cl)cc12. The molecule has 0 radical (unpaired) electrons. The lowest BCUT2D eigenvalue weighted by atomic mass is 9.99. The molecule has 3 aromatic rings. The van der Waals surface area contributed by atoms with E-state index in [9.17, 15) is 0 Å². The van der Waals surface area contributed by atoms with Crippen LogP contribution in [0.4, 0.5) is 0 Å². The maximum Gasteiger partial charge on any atom is 0.0461 e. The molecule has 3 heteroatoms. The largest absolute Gasteiger partial charge is 0.361 e. The van der Waals surface area contributed by atoms with Gasteiger partial charge in [0.15, 0.2) is 0 Å². The van der Waals surface area contributed by atoms with Crippen LogP contribution in [0.15, 0.2) is 48.7 Å². The van der Waals surface area contributed by atoms with Gasteiger partial charge in [-0.1, -0.05) is 35.9 Å². The van der Waals surface area contributed by atoms with Crippen LogP contribution in [0.25, 0.3) is 22.0 Å². The van der Waals surface area contributed by atoms with E-state index in [2.05, 4.69) is 54.4 Å². The van der Waals surface area contributed by atoms with Crippen molar-refractivity contribution in [3.63, 3.8) is 0 Å². The van der Waals surface area contributed by atoms with Gasteiger partial charge in [-0.05, 0) is 43.4 Å². The standard InChI is InChI=1S/C17H17ClN2/c1-20(2)11-12-5-3-4-6-14(12)16-10-19-17-8-7-13(18)9-15(16)17/h3-10,19H,11H2,1-2H3. The third-order valence-electron chi connectivity index (χ3n) is 3.44. The van der Waals surface area contributed by atoms with E-state index in [-0.39, 0.29) is 0 Å². The van der Waals surface area contributed by atoms with Gasteiger partial charge in [-0.3, -0.25) is 0 Å². The number of hydrogen-bond donors (Lipinski definition) is 1. The number of aromatic nitrogens is 1. The predicted octanol–water partition coefficient (Wildman–Crippen LogP) is 4.55. The summed E-state index contributed by atoms with van der Waals surface area (Å²) in [5, 5.41) is 1.94. The zero-order valence-corrected chi connectivity index (χ0v) is 12.4. The highest BCUT2D eigenvalue weighted by Gasteiger charge is 2.10. The summed E-state index contributed by atoms with van der Waals surface area (Å²) < 4.78 is 0. The zero-order valence-electron chi connectivity index (χ0n) is 11.7. The van der Waals surface area contributed by atoms with Gasteiger partial charge in [-0.25, -0.2) is 0 Å². The Morgan fingerprint density at radius 3 is 2.65 bits per heavy atom. The molecule has 1 aromatic heterocycles. The van der Waals surface area contributed by atoms with E-state index in [1.807, 2.05) is 18.2 Å². The number of aromatic amines is 1. The van der Waals surface area contributed by atoms with Crippen LogP contribution in [-0.4, -0.2) is 24.0 Å². The van der Waals surface area contributed by atoms with Crippen LogP contribution in [0, 0.1) is 0 Å². The van der Waals surface area contributed by atoms with Crippen molar-refractivity contribution >= 4 is 22.5 Å². The van der Waals surface area contributed by atoms with E-state index in [1.54, 1.807) is 0 Å². The van der Waals surface area contributed by atoms with Crippen molar-refractivity contribution in [2.45, 2.75) is 6.54 Å². The van der Waals surface area contributed by atoms with E-state index >= 15 is 0 Å². The lowest BCUT2D eigenvalue weighted by Gasteiger charge is -2.13. The Labute approximate surface area is 124 Å². The van der Waals surface area contributed by atoms with E-state index in [0.717, 1.165) is 17.1 Å². The minimum Gasteiger partial charge on any atom is -0.361 e. The maximum absolute atomic E-state index is 6.14. The number of hydrogen-bond acceptors (Lipinski definition) is 1. The Morgan fingerprint density at radius 1 is 1.05 bits per heavy atom. The fraction of sp³-hybridized carbons (Fsp3) is 0.176. The number of fused-ring (bicyclic) bond motifs is 1. The van der Waals surface area contributed by atoms with E-state index in [1.165, 1.54) is 22.1 Å². The van der Waals surface area contributed by atoms with Gasteiger partial charge in [0.1, 0.15) is 0 Å². The molecule has 1 heterocycles. The van der Waals surface area contributed by atoms with Gasteiger partial charge in [-0.15, -0.1) is 0 Å². The molecule has 0 amide bonds. The smallest absolute Gasteiger partial charge is 0.0461 e. The summed E-state index contributed by atoms with van der Waals surface area (Å²) >= 11 is 6.14. The van der Waals surface area contributed by atoms with Crippen molar-refractivity contribution in [1.29, 1.82) is 0 Å². The molecule has 0 aliphatic heterocycles. The average molecular weight is 285 g/mol. The van der Waals surface area contributed by atoms with Crippen LogP contribution in [0.2, 0.25) is 5.02 Å². The Bertz CT molecular complexity index is 744. The second kappa shape index (κ2) is 5.31. The highest BCUT2D eigenvalue weighted by molar-refractivity contribution is 6.31. The first kappa shape index (κ1) is 13.2. The maximum atomic E-state index is 6.14. The second-order valence-electron chi connectivity index (χ2n) is 5.29. The molecule has 20 heavy (non-hydrogen) atoms. The highest BCUT2D eigenvalue weighted by atomic mass is 35.5. The quantitative estimate of drug-likeness (QED) is 0.747. The van der Waals surface area contributed by atoms with Crippen LogP contribution < -0.4 is 0 Å². The van der Waals surface area contributed by atoms with E-state index < -0.39 is 0 Å². The molecule has 102 valence electrons. The van der Waals surface area contributed by atoms with Crippen molar-refractivity contribution in [1.82, 2.24) is 9.88 Å². The van der Waals surface area contributed by atoms with Crippen LogP contribution in [0.3, 0.4) is 0 Å². The molecule has 2 nitrogen and oxygen atoms in total. The monoisotopic (exact) mass is 284 g/mol. The second-order valence-corrected chi connectivity index (χ2v) is 5.72. The third-order valence-corrected chi connectivity index (χ3v) is 3.67. The molecule has 3 rings (SSSR count). The third kappa shape index (κ3) is 2.45. The Balaban J connectivity index is 2.18. The minimum atomic E-state index is 0.767. The molecule has 0 bridgehead atoms. The molecule has 0 spiro atoms. The van der Waals surface area contributed by atoms with E-state index in [4.69, 9.17) is 11.6 Å². The first-order valence-corrected chi connectivity index (χ1v) is 7.02. The molecular weight excluding hydrogens is 268 g/mol. The molecule has 0 saturated carbocycles. The molecule has 0 fully saturated rings. The lowest BCUT2D eigenvalue weighted by molar-refractivity contribution is 0.403. The fourth-order valence-electron chi connectivity index (χ4n) is 2.58. The molecule has 0 aliphatic rings. The van der Waals surface area contributed by atoms with E-state index in [0.29, 0.717) is 0 Å². The first-order chi connectivity index (χ1) is 9.65. The number of halogens is 1. The van der Waals surface area contributed by atoms with Gasteiger partial charge in [0, 0.05) is 34.2 Å².